The second-order valence-electron chi connectivity index (χ2n) is 7.26. The van der Waals surface area contributed by atoms with Crippen LogP contribution < -0.4 is 16.0 Å². The second-order valence-corrected chi connectivity index (χ2v) is 7.26. The zero-order chi connectivity index (χ0) is 23.2. The summed E-state index contributed by atoms with van der Waals surface area (Å²) < 4.78 is 6.45. The zero-order valence-electron chi connectivity index (χ0n) is 18.0. The Morgan fingerprint density at radius 1 is 0.939 bits per heavy atom. The van der Waals surface area contributed by atoms with E-state index >= 15 is 0 Å². The first-order valence-corrected chi connectivity index (χ1v) is 10.5. The van der Waals surface area contributed by atoms with E-state index in [0.29, 0.717) is 18.0 Å². The maximum Gasteiger partial charge on any atom is 0.335 e. The lowest BCUT2D eigenvalue weighted by molar-refractivity contribution is 0.340. The van der Waals surface area contributed by atoms with Crippen LogP contribution in [0.1, 0.15) is 29.7 Å². The number of hydrogen-bond acceptors (Lipinski definition) is 5. The molecule has 0 aliphatic carbocycles. The SMILES string of the molecule is CCOc1ccc(-n2c(O)c(C=NC(c3ccccc3)c3ccccc3)c(=O)[nH]c2=O)cc1. The maximum atomic E-state index is 12.5. The number of rotatable bonds is 7. The molecule has 0 aliphatic heterocycles. The van der Waals surface area contributed by atoms with Gasteiger partial charge in [-0.15, -0.1) is 0 Å². The molecule has 0 amide bonds. The molecule has 0 saturated heterocycles. The van der Waals surface area contributed by atoms with E-state index in [1.807, 2.05) is 67.6 Å². The van der Waals surface area contributed by atoms with Gasteiger partial charge in [0.15, 0.2) is 0 Å². The first-order valence-electron chi connectivity index (χ1n) is 10.5. The van der Waals surface area contributed by atoms with E-state index in [2.05, 4.69) is 9.98 Å². The molecule has 166 valence electrons. The number of aromatic nitrogens is 2. The lowest BCUT2D eigenvalue weighted by Gasteiger charge is -2.14. The van der Waals surface area contributed by atoms with Gasteiger partial charge in [0.2, 0.25) is 5.88 Å². The number of nitrogens with one attached hydrogen (secondary N) is 1. The molecule has 4 aromatic rings. The largest absolute Gasteiger partial charge is 0.494 e. The van der Waals surface area contributed by atoms with Crippen molar-refractivity contribution < 1.29 is 9.84 Å². The Labute approximate surface area is 190 Å². The van der Waals surface area contributed by atoms with E-state index in [0.717, 1.165) is 15.7 Å². The Morgan fingerprint density at radius 2 is 1.52 bits per heavy atom. The molecule has 33 heavy (non-hydrogen) atoms. The van der Waals surface area contributed by atoms with Crippen molar-refractivity contribution in [2.75, 3.05) is 6.61 Å². The van der Waals surface area contributed by atoms with Crippen molar-refractivity contribution in [2.24, 2.45) is 4.99 Å². The van der Waals surface area contributed by atoms with Crippen LogP contribution in [0.3, 0.4) is 0 Å². The topological polar surface area (TPSA) is 96.7 Å². The Morgan fingerprint density at radius 3 is 2.06 bits per heavy atom. The van der Waals surface area contributed by atoms with Crippen molar-refractivity contribution in [2.45, 2.75) is 13.0 Å². The minimum Gasteiger partial charge on any atom is -0.494 e. The van der Waals surface area contributed by atoms with Crippen LogP contribution in [0.2, 0.25) is 0 Å². The number of nitrogens with zero attached hydrogens (tertiary/aromatic N) is 2. The van der Waals surface area contributed by atoms with Gasteiger partial charge in [-0.2, -0.15) is 0 Å². The number of hydrogen-bond donors (Lipinski definition) is 2. The molecule has 3 aromatic carbocycles. The van der Waals surface area contributed by atoms with E-state index < -0.39 is 23.2 Å². The third-order valence-corrected chi connectivity index (χ3v) is 5.11. The van der Waals surface area contributed by atoms with Crippen molar-refractivity contribution >= 4 is 6.21 Å². The van der Waals surface area contributed by atoms with Gasteiger partial charge in [-0.25, -0.2) is 9.36 Å². The molecule has 0 radical (unpaired) electrons. The van der Waals surface area contributed by atoms with Crippen LogP contribution in [0.15, 0.2) is 99.5 Å². The van der Waals surface area contributed by atoms with E-state index in [9.17, 15) is 14.7 Å². The Balaban J connectivity index is 1.78. The minimum atomic E-state index is -0.749. The fraction of sp³-hybridized carbons (Fsp3) is 0.115. The summed E-state index contributed by atoms with van der Waals surface area (Å²) >= 11 is 0. The van der Waals surface area contributed by atoms with Crippen LogP contribution in [0.4, 0.5) is 0 Å². The molecule has 0 spiro atoms. The molecule has 0 unspecified atom stereocenters. The summed E-state index contributed by atoms with van der Waals surface area (Å²) in [6.07, 6.45) is 1.31. The second kappa shape index (κ2) is 9.82. The van der Waals surface area contributed by atoms with Crippen LogP contribution in [-0.4, -0.2) is 27.5 Å². The van der Waals surface area contributed by atoms with Gasteiger partial charge in [0.05, 0.1) is 18.3 Å². The van der Waals surface area contributed by atoms with Crippen molar-refractivity contribution in [1.82, 2.24) is 9.55 Å². The number of ether oxygens (including phenoxy) is 1. The molecular weight excluding hydrogens is 418 g/mol. The third kappa shape index (κ3) is 4.77. The van der Waals surface area contributed by atoms with Gasteiger partial charge in [-0.1, -0.05) is 60.7 Å². The molecule has 2 N–H and O–H groups in total. The summed E-state index contributed by atoms with van der Waals surface area (Å²) in [7, 11) is 0. The van der Waals surface area contributed by atoms with Gasteiger partial charge in [-0.3, -0.25) is 14.8 Å². The molecule has 1 heterocycles. The fourth-order valence-corrected chi connectivity index (χ4v) is 3.54. The lowest BCUT2D eigenvalue weighted by atomic mass is 9.99. The normalized spacial score (nSPS) is 11.2. The minimum absolute atomic E-state index is 0.111. The van der Waals surface area contributed by atoms with Crippen LogP contribution in [0.5, 0.6) is 11.6 Å². The molecule has 0 fully saturated rings. The van der Waals surface area contributed by atoms with Crippen LogP contribution in [0.25, 0.3) is 5.69 Å². The first-order chi connectivity index (χ1) is 16.1. The van der Waals surface area contributed by atoms with Crippen LogP contribution in [0, 0.1) is 0 Å². The van der Waals surface area contributed by atoms with E-state index in [1.165, 1.54) is 6.21 Å². The number of aliphatic imine (C=N–C) groups is 1. The summed E-state index contributed by atoms with van der Waals surface area (Å²) in [5.41, 5.74) is 0.658. The highest BCUT2D eigenvalue weighted by Gasteiger charge is 2.16. The fourth-order valence-electron chi connectivity index (χ4n) is 3.54. The molecule has 0 bridgehead atoms. The average Bonchev–Trinajstić information content (AvgIpc) is 2.83. The van der Waals surface area contributed by atoms with Gasteiger partial charge >= 0.3 is 5.69 Å². The van der Waals surface area contributed by atoms with Gasteiger partial charge in [0.1, 0.15) is 11.3 Å². The summed E-state index contributed by atoms with van der Waals surface area (Å²) in [4.78, 5) is 31.9. The Kier molecular flexibility index (Phi) is 6.50. The van der Waals surface area contributed by atoms with Crippen molar-refractivity contribution in [1.29, 1.82) is 0 Å². The molecule has 7 heteroatoms. The van der Waals surface area contributed by atoms with Crippen molar-refractivity contribution in [3.63, 3.8) is 0 Å². The predicted molar refractivity (Wildman–Crippen MR) is 128 cm³/mol. The van der Waals surface area contributed by atoms with Gasteiger partial charge in [0.25, 0.3) is 5.56 Å². The van der Waals surface area contributed by atoms with E-state index in [4.69, 9.17) is 4.74 Å². The number of aromatic hydroxyl groups is 1. The lowest BCUT2D eigenvalue weighted by Crippen LogP contribution is -2.31. The number of H-pyrrole nitrogens is 1. The van der Waals surface area contributed by atoms with Crippen molar-refractivity contribution in [3.05, 3.63) is 122 Å². The highest BCUT2D eigenvalue weighted by atomic mass is 16.5. The zero-order valence-corrected chi connectivity index (χ0v) is 18.0. The molecule has 0 aliphatic rings. The highest BCUT2D eigenvalue weighted by molar-refractivity contribution is 5.82. The third-order valence-electron chi connectivity index (χ3n) is 5.11. The van der Waals surface area contributed by atoms with Gasteiger partial charge < -0.3 is 9.84 Å². The summed E-state index contributed by atoms with van der Waals surface area (Å²) in [5, 5.41) is 10.9. The first kappa shape index (κ1) is 21.8. The van der Waals surface area contributed by atoms with Crippen molar-refractivity contribution in [3.8, 4) is 17.3 Å². The van der Waals surface area contributed by atoms with Crippen LogP contribution in [-0.2, 0) is 0 Å². The Hall–Kier alpha value is -4.39. The molecule has 0 atom stereocenters. The molecule has 0 saturated carbocycles. The number of aromatic amines is 1. The Bertz CT molecular complexity index is 1320. The summed E-state index contributed by atoms with van der Waals surface area (Å²) in [6.45, 7) is 2.38. The summed E-state index contributed by atoms with van der Waals surface area (Å²) in [5.74, 6) is 0.144. The smallest absolute Gasteiger partial charge is 0.335 e. The molecule has 7 nitrogen and oxygen atoms in total. The van der Waals surface area contributed by atoms with Gasteiger partial charge in [0, 0.05) is 6.21 Å². The molecular formula is C26H23N3O4. The predicted octanol–water partition coefficient (Wildman–Crippen LogP) is 3.84. The number of benzene rings is 3. The van der Waals surface area contributed by atoms with Crippen LogP contribution >= 0.6 is 0 Å². The van der Waals surface area contributed by atoms with E-state index in [-0.39, 0.29) is 5.56 Å². The molecule has 1 aromatic heterocycles. The molecule has 4 rings (SSSR count). The standard InChI is InChI=1S/C26H23N3O4/c1-2-33-21-15-13-20(14-16-21)29-25(31)22(24(30)28-26(29)32)17-27-23(18-9-5-3-6-10-18)19-11-7-4-8-12-19/h3-17,23,31H,2H2,1H3,(H,28,30,32). The summed E-state index contributed by atoms with van der Waals surface area (Å²) in [6, 6.07) is 25.5. The quantitative estimate of drug-likeness (QED) is 0.426. The maximum absolute atomic E-state index is 12.5. The van der Waals surface area contributed by atoms with Gasteiger partial charge in [-0.05, 0) is 42.3 Å². The highest BCUT2D eigenvalue weighted by Crippen LogP contribution is 2.26. The van der Waals surface area contributed by atoms with E-state index in [1.54, 1.807) is 24.3 Å². The average molecular weight is 441 g/mol. The monoisotopic (exact) mass is 441 g/mol.